The molecule has 4 saturated heterocycles. The van der Waals surface area contributed by atoms with Crippen LogP contribution in [0.3, 0.4) is 0 Å². The second-order valence-corrected chi connectivity index (χ2v) is 14.7. The molecule has 4 heterocycles. The molecule has 8 N–H and O–H groups in total. The van der Waals surface area contributed by atoms with Crippen LogP contribution >= 0.6 is 0 Å². The van der Waals surface area contributed by atoms with E-state index in [0.29, 0.717) is 44.9 Å². The first-order valence-corrected chi connectivity index (χ1v) is 18.6. The van der Waals surface area contributed by atoms with Crippen molar-refractivity contribution in [3.8, 4) is 0 Å². The van der Waals surface area contributed by atoms with Gasteiger partial charge in [-0.25, -0.2) is 0 Å². The minimum atomic E-state index is -1.86. The first-order valence-electron chi connectivity index (χ1n) is 18.6. The minimum absolute atomic E-state index is 0.0365. The van der Waals surface area contributed by atoms with Gasteiger partial charge in [0.05, 0.1) is 32.0 Å². The molecule has 0 aliphatic carbocycles. The molecule has 0 aromatic carbocycles. The Morgan fingerprint density at radius 2 is 1.65 bits per heavy atom. The molecule has 0 aromatic rings. The Morgan fingerprint density at radius 1 is 0.904 bits per heavy atom. The lowest BCUT2D eigenvalue weighted by Crippen LogP contribution is -2.76. The predicted molar refractivity (Wildman–Crippen MR) is 181 cm³/mol. The number of hydrogen-bond acceptors (Lipinski definition) is 15. The molecule has 12 atom stereocenters. The maximum atomic E-state index is 13.7. The quantitative estimate of drug-likeness (QED) is 0.141. The third-order valence-corrected chi connectivity index (χ3v) is 10.8. The summed E-state index contributed by atoms with van der Waals surface area (Å²) in [5, 5.41) is 61.8. The lowest BCUT2D eigenvalue weighted by molar-refractivity contribution is -0.328. The van der Waals surface area contributed by atoms with Crippen LogP contribution in [0.5, 0.6) is 0 Å². The lowest BCUT2D eigenvalue weighted by Gasteiger charge is -2.54. The number of carbonyl (C=O) groups is 4. The number of nitrogens with one attached hydrogen (secondary N) is 3. The van der Waals surface area contributed by atoms with E-state index in [0.717, 1.165) is 0 Å². The van der Waals surface area contributed by atoms with Gasteiger partial charge < -0.3 is 59.9 Å². The lowest BCUT2D eigenvalue weighted by atomic mass is 9.77. The van der Waals surface area contributed by atoms with E-state index in [2.05, 4.69) is 16.0 Å². The number of aliphatic hydroxyl groups is 5. The van der Waals surface area contributed by atoms with Gasteiger partial charge >= 0.3 is 0 Å². The van der Waals surface area contributed by atoms with Crippen molar-refractivity contribution in [3.63, 3.8) is 0 Å². The molecule has 4 fully saturated rings. The number of carbonyl (C=O) groups excluding carboxylic acids is 4. The Kier molecular flexibility index (Phi) is 15.9. The maximum Gasteiger partial charge on any atom is 0.221 e. The van der Waals surface area contributed by atoms with Crippen LogP contribution in [-0.2, 0) is 42.9 Å². The fourth-order valence-corrected chi connectivity index (χ4v) is 7.74. The second kappa shape index (κ2) is 19.4. The summed E-state index contributed by atoms with van der Waals surface area (Å²) in [5.41, 5.74) is -3.02. The molecule has 0 aromatic heterocycles. The van der Waals surface area contributed by atoms with Gasteiger partial charge in [-0.2, -0.15) is 0 Å². The molecule has 4 aliphatic heterocycles. The van der Waals surface area contributed by atoms with Gasteiger partial charge in [-0.1, -0.05) is 6.92 Å². The maximum absolute atomic E-state index is 13.7. The molecule has 0 saturated carbocycles. The number of ether oxygens (including phenoxy) is 5. The van der Waals surface area contributed by atoms with Crippen LogP contribution in [0.1, 0.15) is 85.0 Å². The largest absolute Gasteiger partial charge is 0.394 e. The summed E-state index contributed by atoms with van der Waals surface area (Å²) in [4.78, 5) is 52.0. The number of fused-ring (bicyclic) bond motifs is 2. The molecule has 11 unspecified atom stereocenters. The molecule has 17 nitrogen and oxygen atoms in total. The van der Waals surface area contributed by atoms with Gasteiger partial charge in [-0.15, -0.1) is 0 Å². The molecule has 4 aliphatic rings. The number of amides is 2. The van der Waals surface area contributed by atoms with Crippen LogP contribution in [0, 0.1) is 11.8 Å². The highest BCUT2D eigenvalue weighted by Crippen LogP contribution is 2.43. The van der Waals surface area contributed by atoms with E-state index >= 15 is 0 Å². The number of aliphatic hydroxyl groups excluding tert-OH is 5. The average Bonchev–Trinajstić information content (AvgIpc) is 3.28. The Hall–Kier alpha value is -2.16. The predicted octanol–water partition coefficient (Wildman–Crippen LogP) is -1.46. The van der Waals surface area contributed by atoms with Gasteiger partial charge in [0, 0.05) is 44.1 Å². The summed E-state index contributed by atoms with van der Waals surface area (Å²) in [6.45, 7) is 3.61. The summed E-state index contributed by atoms with van der Waals surface area (Å²) in [5.74, 6) is -3.12. The van der Waals surface area contributed by atoms with Crippen molar-refractivity contribution < 1.29 is 68.4 Å². The number of rotatable bonds is 8. The topological polar surface area (TPSA) is 252 Å². The van der Waals surface area contributed by atoms with Crippen molar-refractivity contribution in [1.29, 1.82) is 0 Å². The SMILES string of the molecule is CC(=O)C1C2OCCCCC(=O)N[C@@H](C(C)=O)CCCCNC(=O)CC3(CCOC4OC(CO)C(O)C(O)C4C)CCCOC1(N3)C(O)C(CO)O2. The van der Waals surface area contributed by atoms with Gasteiger partial charge in [0.1, 0.15) is 36.1 Å². The zero-order valence-corrected chi connectivity index (χ0v) is 30.5. The Morgan fingerprint density at radius 3 is 2.35 bits per heavy atom. The zero-order chi connectivity index (χ0) is 38.1. The van der Waals surface area contributed by atoms with E-state index in [-0.39, 0.29) is 63.2 Å². The first-order chi connectivity index (χ1) is 24.8. The monoisotopic (exact) mass is 745 g/mol. The molecule has 3 bridgehead atoms. The van der Waals surface area contributed by atoms with Crippen LogP contribution in [0.4, 0.5) is 0 Å². The van der Waals surface area contributed by atoms with Gasteiger partial charge in [0.15, 0.2) is 24.1 Å². The van der Waals surface area contributed by atoms with Crippen LogP contribution < -0.4 is 16.0 Å². The van der Waals surface area contributed by atoms with E-state index < -0.39 is 91.2 Å². The molecular formula is C35H59N3O14. The molecular weight excluding hydrogens is 686 g/mol. The van der Waals surface area contributed by atoms with E-state index in [9.17, 15) is 44.7 Å². The summed E-state index contributed by atoms with van der Waals surface area (Å²) in [7, 11) is 0. The van der Waals surface area contributed by atoms with E-state index in [1.165, 1.54) is 13.8 Å². The smallest absolute Gasteiger partial charge is 0.221 e. The molecule has 298 valence electrons. The highest BCUT2D eigenvalue weighted by atomic mass is 16.7. The fourth-order valence-electron chi connectivity index (χ4n) is 7.74. The van der Waals surface area contributed by atoms with Crippen LogP contribution in [-0.4, -0.2) is 149 Å². The zero-order valence-electron chi connectivity index (χ0n) is 30.5. The molecule has 4 rings (SSSR count). The second-order valence-electron chi connectivity index (χ2n) is 14.7. The van der Waals surface area contributed by atoms with Crippen molar-refractivity contribution in [2.24, 2.45) is 11.8 Å². The van der Waals surface area contributed by atoms with Crippen LogP contribution in [0.25, 0.3) is 0 Å². The molecule has 52 heavy (non-hydrogen) atoms. The van der Waals surface area contributed by atoms with E-state index in [1.807, 2.05) is 0 Å². The summed E-state index contributed by atoms with van der Waals surface area (Å²) in [6, 6.07) is -0.640. The van der Waals surface area contributed by atoms with Crippen molar-refractivity contribution in [1.82, 2.24) is 16.0 Å². The molecule has 2 amide bonds. The molecule has 0 radical (unpaired) electrons. The fraction of sp³-hybridized carbons (Fsp3) is 0.886. The third-order valence-electron chi connectivity index (χ3n) is 10.8. The van der Waals surface area contributed by atoms with Crippen LogP contribution in [0.2, 0.25) is 0 Å². The highest BCUT2D eigenvalue weighted by molar-refractivity contribution is 5.87. The minimum Gasteiger partial charge on any atom is -0.394 e. The number of Topliss-reactive ketones (excluding diaryl/α,β-unsaturated/α-hetero) is 2. The Balaban J connectivity index is 1.65. The van der Waals surface area contributed by atoms with Crippen LogP contribution in [0.15, 0.2) is 0 Å². The van der Waals surface area contributed by atoms with E-state index in [1.54, 1.807) is 6.92 Å². The number of hydrogen-bond donors (Lipinski definition) is 8. The van der Waals surface area contributed by atoms with Gasteiger partial charge in [0.25, 0.3) is 0 Å². The third kappa shape index (κ3) is 10.3. The highest BCUT2D eigenvalue weighted by Gasteiger charge is 2.62. The van der Waals surface area contributed by atoms with Gasteiger partial charge in [-0.05, 0) is 65.2 Å². The standard InChI is InChI=1S/C35H59N3O14/c1-20-29(45)30(46)24(18-39)51-32(20)49-16-12-34-11-8-15-50-35(38-34)28(22(3)42)33(52-25(19-40)31(35)47)48-14-7-5-10-26(43)37-23(21(2)41)9-4-6-13-36-27(44)17-34/h20,23-25,28-33,38-40,45-47H,4-19H2,1-3H3,(H,36,44)(H,37,43)/t20?,23-,24?,25?,28?,29?,30?,31?,32?,33?,34?,35?/m1/s1. The molecule has 1 spiro atoms. The van der Waals surface area contributed by atoms with Gasteiger partial charge in [0.2, 0.25) is 11.8 Å². The number of ketones is 2. The normalized spacial score (nSPS) is 40.5. The van der Waals surface area contributed by atoms with Crippen molar-refractivity contribution in [3.05, 3.63) is 0 Å². The molecule has 17 heteroatoms. The summed E-state index contributed by atoms with van der Waals surface area (Å²) in [6.07, 6.45) is -5.42. The Labute approximate surface area is 304 Å². The first kappa shape index (κ1) is 42.6. The summed E-state index contributed by atoms with van der Waals surface area (Å²) < 4.78 is 30.2. The van der Waals surface area contributed by atoms with Gasteiger partial charge in [-0.3, -0.25) is 24.5 Å². The van der Waals surface area contributed by atoms with Crippen molar-refractivity contribution >= 4 is 23.4 Å². The summed E-state index contributed by atoms with van der Waals surface area (Å²) >= 11 is 0. The van der Waals surface area contributed by atoms with Crippen molar-refractivity contribution in [2.45, 2.75) is 145 Å². The Bertz CT molecular complexity index is 1210. The average molecular weight is 746 g/mol. The van der Waals surface area contributed by atoms with E-state index in [4.69, 9.17) is 23.7 Å². The van der Waals surface area contributed by atoms with Crippen molar-refractivity contribution in [2.75, 3.05) is 39.6 Å².